The Kier molecular flexibility index (Phi) is 3.95. The topological polar surface area (TPSA) is 95.4 Å². The van der Waals surface area contributed by atoms with Crippen molar-refractivity contribution in [2.24, 2.45) is 0 Å². The van der Waals surface area contributed by atoms with Gasteiger partial charge in [0.15, 0.2) is 6.17 Å². The monoisotopic (exact) mass is 268 g/mol. The summed E-state index contributed by atoms with van der Waals surface area (Å²) in [6.45, 7) is 1.05. The predicted molar refractivity (Wildman–Crippen MR) is 63.0 cm³/mol. The minimum Gasteiger partial charge on any atom is -0.394 e. The second kappa shape index (κ2) is 5.48. The fraction of sp³-hybridized carbons (Fsp3) is 0.500. The van der Waals surface area contributed by atoms with Crippen molar-refractivity contribution in [3.63, 3.8) is 0 Å². The first-order valence-electron chi connectivity index (χ1n) is 5.69. The second-order valence-electron chi connectivity index (χ2n) is 4.10. The lowest BCUT2D eigenvalue weighted by Crippen LogP contribution is -2.30. The summed E-state index contributed by atoms with van der Waals surface area (Å²) in [5.74, 6) is 5.18. The van der Waals surface area contributed by atoms with Crippen molar-refractivity contribution < 1.29 is 19.3 Å². The number of hydrogen-bond acceptors (Lipinski definition) is 5. The first-order valence-corrected chi connectivity index (χ1v) is 5.69. The Hall–Kier alpha value is -1.75. The Morgan fingerprint density at radius 3 is 2.95 bits per heavy atom. The number of nitrogens with one attached hydrogen (secondary N) is 1. The summed E-state index contributed by atoms with van der Waals surface area (Å²) in [7, 11) is 0. The first kappa shape index (κ1) is 13.7. The Balaban J connectivity index is 2.41. The van der Waals surface area contributed by atoms with Crippen LogP contribution in [-0.2, 0) is 4.74 Å². The van der Waals surface area contributed by atoms with Crippen LogP contribution in [0.5, 0.6) is 0 Å². The van der Waals surface area contributed by atoms with Crippen molar-refractivity contribution in [1.29, 1.82) is 0 Å². The maximum atomic E-state index is 14.0. The number of H-pyrrole nitrogens is 1. The molecule has 1 aliphatic rings. The molecule has 0 saturated carbocycles. The van der Waals surface area contributed by atoms with Crippen molar-refractivity contribution >= 4 is 0 Å². The molecule has 1 fully saturated rings. The SMILES string of the molecule is CC#Cc1[nH]c(=O)cnc1[C@@H]1O[C@H](CO)C(O)[C@@H]1F. The molecule has 0 aromatic carbocycles. The minimum atomic E-state index is -1.74. The normalized spacial score (nSPS) is 29.9. The van der Waals surface area contributed by atoms with E-state index >= 15 is 0 Å². The lowest BCUT2D eigenvalue weighted by molar-refractivity contribution is -0.0238. The molecule has 7 heteroatoms. The number of alkyl halides is 1. The van der Waals surface area contributed by atoms with Crippen LogP contribution in [0.1, 0.15) is 24.4 Å². The van der Waals surface area contributed by atoms with Crippen LogP contribution in [0, 0.1) is 11.8 Å². The van der Waals surface area contributed by atoms with E-state index in [1.54, 1.807) is 6.92 Å². The van der Waals surface area contributed by atoms with E-state index in [9.17, 15) is 14.3 Å². The molecule has 19 heavy (non-hydrogen) atoms. The van der Waals surface area contributed by atoms with Crippen molar-refractivity contribution in [2.75, 3.05) is 6.61 Å². The molecule has 6 nitrogen and oxygen atoms in total. The molecule has 2 rings (SSSR count). The third-order valence-electron chi connectivity index (χ3n) is 2.84. The summed E-state index contributed by atoms with van der Waals surface area (Å²) in [5, 5.41) is 18.5. The highest BCUT2D eigenvalue weighted by Crippen LogP contribution is 2.35. The van der Waals surface area contributed by atoms with Gasteiger partial charge in [0.2, 0.25) is 0 Å². The number of ether oxygens (including phenoxy) is 1. The summed E-state index contributed by atoms with van der Waals surface area (Å²) in [6.07, 6.45) is -4.37. The van der Waals surface area contributed by atoms with Crippen molar-refractivity contribution in [3.05, 3.63) is 27.9 Å². The van der Waals surface area contributed by atoms with Gasteiger partial charge in [-0.25, -0.2) is 9.37 Å². The molecule has 4 atom stereocenters. The van der Waals surface area contributed by atoms with Crippen LogP contribution in [0.3, 0.4) is 0 Å². The average molecular weight is 268 g/mol. The molecule has 1 aromatic heterocycles. The molecule has 1 aromatic rings. The molecule has 1 saturated heterocycles. The van der Waals surface area contributed by atoms with Gasteiger partial charge in [0, 0.05) is 0 Å². The minimum absolute atomic E-state index is 0.108. The van der Waals surface area contributed by atoms with E-state index in [0.717, 1.165) is 6.20 Å². The smallest absolute Gasteiger partial charge is 0.267 e. The molecule has 0 bridgehead atoms. The van der Waals surface area contributed by atoms with Gasteiger partial charge in [-0.1, -0.05) is 5.92 Å². The van der Waals surface area contributed by atoms with Crippen LogP contribution in [-0.4, -0.2) is 45.2 Å². The Morgan fingerprint density at radius 2 is 2.37 bits per heavy atom. The molecule has 0 aliphatic carbocycles. The van der Waals surface area contributed by atoms with Gasteiger partial charge < -0.3 is 19.9 Å². The molecule has 2 heterocycles. The quantitative estimate of drug-likeness (QED) is 0.615. The van der Waals surface area contributed by atoms with E-state index in [4.69, 9.17) is 9.84 Å². The number of rotatable bonds is 2. The van der Waals surface area contributed by atoms with Gasteiger partial charge in [0.25, 0.3) is 5.56 Å². The molecule has 102 valence electrons. The first-order chi connectivity index (χ1) is 9.08. The zero-order chi connectivity index (χ0) is 14.0. The third-order valence-corrected chi connectivity index (χ3v) is 2.84. The van der Waals surface area contributed by atoms with E-state index in [0.29, 0.717) is 0 Å². The number of aliphatic hydroxyl groups is 2. The van der Waals surface area contributed by atoms with Gasteiger partial charge in [-0.05, 0) is 12.8 Å². The van der Waals surface area contributed by atoms with Crippen LogP contribution in [0.4, 0.5) is 4.39 Å². The molecule has 1 unspecified atom stereocenters. The highest BCUT2D eigenvalue weighted by Gasteiger charge is 2.46. The van der Waals surface area contributed by atoms with Gasteiger partial charge in [-0.2, -0.15) is 0 Å². The Morgan fingerprint density at radius 1 is 1.63 bits per heavy atom. The fourth-order valence-corrected chi connectivity index (χ4v) is 1.94. The number of aromatic nitrogens is 2. The average Bonchev–Trinajstić information content (AvgIpc) is 2.67. The van der Waals surface area contributed by atoms with Gasteiger partial charge in [-0.15, -0.1) is 0 Å². The summed E-state index contributed by atoms with van der Waals surface area (Å²) in [5.41, 5.74) is -0.209. The highest BCUT2D eigenvalue weighted by molar-refractivity contribution is 5.33. The zero-order valence-corrected chi connectivity index (χ0v) is 10.1. The fourth-order valence-electron chi connectivity index (χ4n) is 1.94. The van der Waals surface area contributed by atoms with Crippen LogP contribution >= 0.6 is 0 Å². The standard InChI is InChI=1S/C12H13FN2O4/c1-2-3-6-10(14-4-8(17)15-6)12-9(13)11(18)7(5-16)19-12/h4,7,9,11-12,16,18H,5H2,1H3,(H,15,17)/t7-,9+,11?,12-/m1/s1. The summed E-state index contributed by atoms with van der Waals surface area (Å²) in [6, 6.07) is 0. The number of nitrogens with zero attached hydrogens (tertiary/aromatic N) is 1. The predicted octanol–water partition coefficient (Wildman–Crippen LogP) is -0.728. The van der Waals surface area contributed by atoms with Crippen LogP contribution in [0.2, 0.25) is 0 Å². The van der Waals surface area contributed by atoms with E-state index in [1.165, 1.54) is 0 Å². The summed E-state index contributed by atoms with van der Waals surface area (Å²) in [4.78, 5) is 17.5. The van der Waals surface area contributed by atoms with E-state index in [-0.39, 0.29) is 11.4 Å². The van der Waals surface area contributed by atoms with Crippen molar-refractivity contribution in [1.82, 2.24) is 9.97 Å². The second-order valence-corrected chi connectivity index (χ2v) is 4.10. The number of aliphatic hydroxyl groups excluding tert-OH is 2. The molecule has 0 radical (unpaired) electrons. The Bertz CT molecular complexity index is 577. The maximum absolute atomic E-state index is 14.0. The van der Waals surface area contributed by atoms with Gasteiger partial charge in [-0.3, -0.25) is 4.79 Å². The Labute approximate surface area is 108 Å². The molecular formula is C12H13FN2O4. The van der Waals surface area contributed by atoms with E-state index < -0.39 is 36.6 Å². The molecule has 0 spiro atoms. The zero-order valence-electron chi connectivity index (χ0n) is 10.1. The molecular weight excluding hydrogens is 255 g/mol. The van der Waals surface area contributed by atoms with Gasteiger partial charge in [0.1, 0.15) is 29.7 Å². The lowest BCUT2D eigenvalue weighted by Gasteiger charge is -2.13. The van der Waals surface area contributed by atoms with Crippen LogP contribution < -0.4 is 5.56 Å². The molecule has 3 N–H and O–H groups in total. The number of halogens is 1. The van der Waals surface area contributed by atoms with Crippen LogP contribution in [0.15, 0.2) is 11.0 Å². The maximum Gasteiger partial charge on any atom is 0.267 e. The van der Waals surface area contributed by atoms with Crippen molar-refractivity contribution in [3.8, 4) is 11.8 Å². The highest BCUT2D eigenvalue weighted by atomic mass is 19.1. The largest absolute Gasteiger partial charge is 0.394 e. The number of hydrogen-bond donors (Lipinski definition) is 3. The lowest BCUT2D eigenvalue weighted by atomic mass is 10.1. The number of aromatic amines is 1. The summed E-state index contributed by atoms with van der Waals surface area (Å²) >= 11 is 0. The van der Waals surface area contributed by atoms with E-state index in [1.807, 2.05) is 0 Å². The summed E-state index contributed by atoms with van der Waals surface area (Å²) < 4.78 is 19.2. The van der Waals surface area contributed by atoms with E-state index in [2.05, 4.69) is 21.8 Å². The van der Waals surface area contributed by atoms with Crippen molar-refractivity contribution in [2.45, 2.75) is 31.4 Å². The van der Waals surface area contributed by atoms with Gasteiger partial charge >= 0.3 is 0 Å². The van der Waals surface area contributed by atoms with Crippen LogP contribution in [0.25, 0.3) is 0 Å². The third kappa shape index (κ3) is 2.51. The molecule has 1 aliphatic heterocycles. The molecule has 0 amide bonds. The van der Waals surface area contributed by atoms with Gasteiger partial charge in [0.05, 0.1) is 12.8 Å².